The molecule has 3 heterocycles. The third-order valence-corrected chi connectivity index (χ3v) is 8.78. The molecule has 236 valence electrons. The van der Waals surface area contributed by atoms with E-state index in [2.05, 4.69) is 13.5 Å². The molecule has 5 rings (SSSR count). The maximum Gasteiger partial charge on any atom is 0.188 e. The Kier molecular flexibility index (Phi) is 10.1. The van der Waals surface area contributed by atoms with Gasteiger partial charge < -0.3 is 38.3 Å². The van der Waals surface area contributed by atoms with Gasteiger partial charge in [0.2, 0.25) is 0 Å². The van der Waals surface area contributed by atoms with Gasteiger partial charge in [0.1, 0.15) is 6.10 Å². The molecule has 0 radical (unpaired) electrons. The van der Waals surface area contributed by atoms with Crippen molar-refractivity contribution in [2.45, 2.75) is 103 Å². The Morgan fingerprint density at radius 2 is 1.53 bits per heavy atom. The van der Waals surface area contributed by atoms with Crippen molar-refractivity contribution in [1.82, 2.24) is 0 Å². The molecule has 0 saturated carbocycles. The highest BCUT2D eigenvalue weighted by Gasteiger charge is 2.56. The van der Waals surface area contributed by atoms with Crippen LogP contribution in [0, 0.1) is 17.8 Å². The Morgan fingerprint density at radius 1 is 0.907 bits per heavy atom. The molecule has 0 bridgehead atoms. The molecular weight excluding hydrogens is 548 g/mol. The molecule has 2 aromatic rings. The van der Waals surface area contributed by atoms with Gasteiger partial charge in [0.05, 0.1) is 50.8 Å². The summed E-state index contributed by atoms with van der Waals surface area (Å²) in [4.78, 5) is 0. The zero-order valence-corrected chi connectivity index (χ0v) is 26.3. The Labute approximate surface area is 256 Å². The molecule has 9 atom stereocenters. The minimum Gasteiger partial charge on any atom is -0.388 e. The average Bonchev–Trinajstić information content (AvgIpc) is 3.61. The van der Waals surface area contributed by atoms with Crippen LogP contribution < -0.4 is 0 Å². The Morgan fingerprint density at radius 3 is 2.14 bits per heavy atom. The molecule has 0 aliphatic carbocycles. The van der Waals surface area contributed by atoms with E-state index >= 15 is 0 Å². The molecule has 0 aromatic heterocycles. The van der Waals surface area contributed by atoms with Gasteiger partial charge in [-0.05, 0) is 44.4 Å². The molecule has 3 fully saturated rings. The van der Waals surface area contributed by atoms with Crippen LogP contribution in [-0.2, 0) is 46.4 Å². The molecule has 0 unspecified atom stereocenters. The summed E-state index contributed by atoms with van der Waals surface area (Å²) in [5.41, 5.74) is 2.70. The van der Waals surface area contributed by atoms with E-state index in [1.54, 1.807) is 0 Å². The van der Waals surface area contributed by atoms with Crippen LogP contribution in [0.5, 0.6) is 0 Å². The van der Waals surface area contributed by atoms with E-state index in [1.807, 2.05) is 95.3 Å². The summed E-state index contributed by atoms with van der Waals surface area (Å²) in [5, 5.41) is 11.8. The summed E-state index contributed by atoms with van der Waals surface area (Å²) in [6.45, 7) is 17.7. The lowest BCUT2D eigenvalue weighted by molar-refractivity contribution is -0.209. The largest absolute Gasteiger partial charge is 0.388 e. The second-order valence-electron chi connectivity index (χ2n) is 13.1. The molecule has 0 spiro atoms. The van der Waals surface area contributed by atoms with Crippen LogP contribution in [0.1, 0.15) is 52.7 Å². The van der Waals surface area contributed by atoms with E-state index in [-0.39, 0.29) is 36.1 Å². The van der Waals surface area contributed by atoms with Crippen molar-refractivity contribution in [3.05, 3.63) is 83.9 Å². The number of benzene rings is 2. The Hall–Kier alpha value is -2.14. The summed E-state index contributed by atoms with van der Waals surface area (Å²) in [5.74, 6) is -2.03. The second-order valence-corrected chi connectivity index (χ2v) is 13.1. The van der Waals surface area contributed by atoms with Crippen LogP contribution in [0.3, 0.4) is 0 Å². The summed E-state index contributed by atoms with van der Waals surface area (Å²) in [6, 6.07) is 20.1. The second kappa shape index (κ2) is 13.5. The van der Waals surface area contributed by atoms with Gasteiger partial charge in [-0.2, -0.15) is 0 Å². The number of rotatable bonds is 13. The minimum atomic E-state index is -0.924. The lowest BCUT2D eigenvalue weighted by atomic mass is 9.81. The standard InChI is InChI=1S/C35H48O8/c1-22(28-21-39-34(4,5)41-28)30(38-19-26-16-12-9-13-17-26)23(2)29(36)24(3)31-27(20-37-18-25-14-10-8-11-15-25)32-33(40-31)43-35(6,7)42-32/h8-17,22-23,27-33,36H,3,18-21H2,1-2,4-7H3/t22-,23+,27-,28-,29+,30-,31-,32-,33-/m1/s1. The highest BCUT2D eigenvalue weighted by Crippen LogP contribution is 2.44. The lowest BCUT2D eigenvalue weighted by Gasteiger charge is -2.37. The van der Waals surface area contributed by atoms with Crippen LogP contribution in [0.25, 0.3) is 0 Å². The van der Waals surface area contributed by atoms with Crippen molar-refractivity contribution in [3.8, 4) is 0 Å². The van der Waals surface area contributed by atoms with Gasteiger partial charge in [-0.3, -0.25) is 0 Å². The SMILES string of the molecule is C=C([C@@H](O)[C@H](C)[C@H](OCc1ccccc1)[C@H](C)[C@H]1COC(C)(C)O1)[C@H]1O[C@@H]2OC(C)(C)O[C@@H]2[C@@H]1COCc1ccccc1. The zero-order valence-electron chi connectivity index (χ0n) is 26.3. The monoisotopic (exact) mass is 596 g/mol. The topological polar surface area (TPSA) is 84.8 Å². The third-order valence-electron chi connectivity index (χ3n) is 8.78. The fourth-order valence-electron chi connectivity index (χ4n) is 6.42. The van der Waals surface area contributed by atoms with E-state index in [0.29, 0.717) is 32.0 Å². The third kappa shape index (κ3) is 7.75. The maximum absolute atomic E-state index is 11.8. The zero-order chi connectivity index (χ0) is 30.8. The van der Waals surface area contributed by atoms with Gasteiger partial charge in [-0.15, -0.1) is 0 Å². The first-order chi connectivity index (χ1) is 20.4. The Balaban J connectivity index is 1.31. The number of aliphatic hydroxyl groups is 1. The number of ether oxygens (including phenoxy) is 7. The van der Waals surface area contributed by atoms with Gasteiger partial charge in [-0.25, -0.2) is 0 Å². The summed E-state index contributed by atoms with van der Waals surface area (Å²) in [7, 11) is 0. The van der Waals surface area contributed by atoms with E-state index in [4.69, 9.17) is 33.2 Å². The van der Waals surface area contributed by atoms with E-state index in [1.165, 1.54) is 0 Å². The maximum atomic E-state index is 11.8. The molecule has 3 saturated heterocycles. The predicted octanol–water partition coefficient (Wildman–Crippen LogP) is 5.62. The van der Waals surface area contributed by atoms with Crippen molar-refractivity contribution in [2.24, 2.45) is 17.8 Å². The number of aliphatic hydroxyl groups excluding tert-OH is 1. The summed E-state index contributed by atoms with van der Waals surface area (Å²) < 4.78 is 43.6. The molecule has 8 nitrogen and oxygen atoms in total. The molecule has 3 aliphatic rings. The highest BCUT2D eigenvalue weighted by atomic mass is 16.8. The molecule has 3 aliphatic heterocycles. The lowest BCUT2D eigenvalue weighted by Crippen LogP contribution is -2.45. The van der Waals surface area contributed by atoms with E-state index in [9.17, 15) is 5.11 Å². The van der Waals surface area contributed by atoms with Crippen molar-refractivity contribution in [1.29, 1.82) is 0 Å². The average molecular weight is 597 g/mol. The fraction of sp³-hybridized carbons (Fsp3) is 0.600. The first-order valence-corrected chi connectivity index (χ1v) is 15.4. The predicted molar refractivity (Wildman–Crippen MR) is 162 cm³/mol. The minimum absolute atomic E-state index is 0.0655. The molecule has 8 heteroatoms. The first kappa shape index (κ1) is 32.3. The van der Waals surface area contributed by atoms with Crippen molar-refractivity contribution in [3.63, 3.8) is 0 Å². The number of fused-ring (bicyclic) bond motifs is 1. The molecule has 0 amide bonds. The molecular formula is C35H48O8. The quantitative estimate of drug-likeness (QED) is 0.298. The van der Waals surface area contributed by atoms with Crippen molar-refractivity contribution >= 4 is 0 Å². The normalized spacial score (nSPS) is 30.4. The molecule has 1 N–H and O–H groups in total. The van der Waals surface area contributed by atoms with Crippen LogP contribution in [0.2, 0.25) is 0 Å². The van der Waals surface area contributed by atoms with Crippen LogP contribution in [-0.4, -0.2) is 66.7 Å². The van der Waals surface area contributed by atoms with Crippen molar-refractivity contribution < 1.29 is 38.3 Å². The summed E-state index contributed by atoms with van der Waals surface area (Å²) in [6.07, 6.45) is -2.88. The summed E-state index contributed by atoms with van der Waals surface area (Å²) >= 11 is 0. The molecule has 2 aromatic carbocycles. The highest BCUT2D eigenvalue weighted by molar-refractivity contribution is 5.18. The molecule has 43 heavy (non-hydrogen) atoms. The van der Waals surface area contributed by atoms with Gasteiger partial charge in [0.15, 0.2) is 17.9 Å². The van der Waals surface area contributed by atoms with Crippen LogP contribution in [0.15, 0.2) is 72.8 Å². The number of hydrogen-bond donors (Lipinski definition) is 1. The first-order valence-electron chi connectivity index (χ1n) is 15.4. The Bertz CT molecular complexity index is 1180. The number of hydrogen-bond acceptors (Lipinski definition) is 8. The van der Waals surface area contributed by atoms with Gasteiger partial charge in [0.25, 0.3) is 0 Å². The van der Waals surface area contributed by atoms with Gasteiger partial charge in [-0.1, -0.05) is 81.1 Å². The fourth-order valence-corrected chi connectivity index (χ4v) is 6.42. The van der Waals surface area contributed by atoms with Gasteiger partial charge >= 0.3 is 0 Å². The smallest absolute Gasteiger partial charge is 0.188 e. The van der Waals surface area contributed by atoms with Crippen LogP contribution in [0.4, 0.5) is 0 Å². The van der Waals surface area contributed by atoms with Gasteiger partial charge in [0, 0.05) is 17.8 Å². The van der Waals surface area contributed by atoms with E-state index in [0.717, 1.165) is 11.1 Å². The van der Waals surface area contributed by atoms with E-state index < -0.39 is 30.1 Å². The van der Waals surface area contributed by atoms with Crippen LogP contribution >= 0.6 is 0 Å². The van der Waals surface area contributed by atoms with Crippen molar-refractivity contribution in [2.75, 3.05) is 13.2 Å².